The van der Waals surface area contributed by atoms with Gasteiger partial charge in [0.05, 0.1) is 0 Å². The van der Waals surface area contributed by atoms with Crippen LogP contribution < -0.4 is 10.6 Å². The fraction of sp³-hybridized carbons (Fsp3) is 0.429. The highest BCUT2D eigenvalue weighted by Crippen LogP contribution is 2.33. The van der Waals surface area contributed by atoms with Crippen LogP contribution in [0.4, 0.5) is 5.69 Å². The van der Waals surface area contributed by atoms with Gasteiger partial charge in [0, 0.05) is 17.8 Å². The van der Waals surface area contributed by atoms with Crippen molar-refractivity contribution in [1.82, 2.24) is 5.32 Å². The number of amides is 1. The van der Waals surface area contributed by atoms with Crippen molar-refractivity contribution in [3.63, 3.8) is 0 Å². The largest absolute Gasteiger partial charge is 0.480 e. The second-order valence-corrected chi connectivity index (χ2v) is 5.18. The zero-order valence-corrected chi connectivity index (χ0v) is 10.5. The van der Waals surface area contributed by atoms with Crippen molar-refractivity contribution in [1.29, 1.82) is 0 Å². The average Bonchev–Trinajstić information content (AvgIpc) is 3.11. The molecule has 0 saturated heterocycles. The third-order valence-electron chi connectivity index (χ3n) is 3.72. The molecule has 0 radical (unpaired) electrons. The molecule has 1 aliphatic heterocycles. The van der Waals surface area contributed by atoms with E-state index in [9.17, 15) is 9.59 Å². The first kappa shape index (κ1) is 12.0. The van der Waals surface area contributed by atoms with Gasteiger partial charge in [-0.2, -0.15) is 0 Å². The van der Waals surface area contributed by atoms with Gasteiger partial charge in [0.2, 0.25) is 0 Å². The number of carboxylic acid groups (broad SMARTS) is 1. The zero-order chi connectivity index (χ0) is 13.4. The zero-order valence-electron chi connectivity index (χ0n) is 10.5. The van der Waals surface area contributed by atoms with Gasteiger partial charge in [0.1, 0.15) is 6.04 Å². The minimum Gasteiger partial charge on any atom is -0.480 e. The fourth-order valence-electron chi connectivity index (χ4n) is 2.48. The minimum absolute atomic E-state index is 0.0949. The van der Waals surface area contributed by atoms with Crippen LogP contribution in [0.2, 0.25) is 0 Å². The lowest BCUT2D eigenvalue weighted by Gasteiger charge is -2.14. The lowest BCUT2D eigenvalue weighted by atomic mass is 10.1. The molecule has 3 N–H and O–H groups in total. The molecule has 100 valence electrons. The van der Waals surface area contributed by atoms with Crippen LogP contribution in [0.25, 0.3) is 0 Å². The number of carbonyl (C=O) groups excluding carboxylic acids is 1. The van der Waals surface area contributed by atoms with E-state index < -0.39 is 12.0 Å². The molecule has 1 atom stereocenters. The highest BCUT2D eigenvalue weighted by atomic mass is 16.4. The number of carbonyl (C=O) groups is 2. The molecule has 1 aliphatic carbocycles. The van der Waals surface area contributed by atoms with Crippen molar-refractivity contribution >= 4 is 17.6 Å². The van der Waals surface area contributed by atoms with Gasteiger partial charge in [-0.05, 0) is 48.9 Å². The van der Waals surface area contributed by atoms with Gasteiger partial charge in [-0.1, -0.05) is 0 Å². The van der Waals surface area contributed by atoms with Crippen molar-refractivity contribution in [2.75, 3.05) is 11.9 Å². The summed E-state index contributed by atoms with van der Waals surface area (Å²) in [7, 11) is 0. The Morgan fingerprint density at radius 1 is 1.37 bits per heavy atom. The first-order valence-corrected chi connectivity index (χ1v) is 6.55. The number of anilines is 1. The van der Waals surface area contributed by atoms with Crippen LogP contribution >= 0.6 is 0 Å². The minimum atomic E-state index is -0.946. The topological polar surface area (TPSA) is 78.4 Å². The van der Waals surface area contributed by atoms with E-state index in [-0.39, 0.29) is 11.8 Å². The van der Waals surface area contributed by atoms with E-state index in [0.29, 0.717) is 5.56 Å². The summed E-state index contributed by atoms with van der Waals surface area (Å²) in [5.74, 6) is -1.15. The van der Waals surface area contributed by atoms with Crippen LogP contribution in [-0.2, 0) is 11.2 Å². The monoisotopic (exact) mass is 260 g/mol. The summed E-state index contributed by atoms with van der Waals surface area (Å²) in [5.41, 5.74) is 2.72. The Bertz CT molecular complexity index is 537. The summed E-state index contributed by atoms with van der Waals surface area (Å²) in [6.07, 6.45) is 2.66. The Morgan fingerprint density at radius 3 is 2.84 bits per heavy atom. The van der Waals surface area contributed by atoms with E-state index in [0.717, 1.165) is 37.1 Å². The number of nitrogens with one attached hydrogen (secondary N) is 2. The molecule has 1 heterocycles. The summed E-state index contributed by atoms with van der Waals surface area (Å²) in [5, 5.41) is 15.0. The molecule has 1 amide bonds. The Kier molecular flexibility index (Phi) is 2.89. The lowest BCUT2D eigenvalue weighted by molar-refractivity contribution is -0.139. The molecule has 1 unspecified atom stereocenters. The number of hydrogen-bond donors (Lipinski definition) is 3. The molecule has 1 fully saturated rings. The number of aliphatic carboxylic acids is 1. The van der Waals surface area contributed by atoms with Crippen molar-refractivity contribution in [3.8, 4) is 0 Å². The van der Waals surface area contributed by atoms with Crippen LogP contribution in [0.15, 0.2) is 18.2 Å². The van der Waals surface area contributed by atoms with Crippen LogP contribution in [-0.4, -0.2) is 29.6 Å². The van der Waals surface area contributed by atoms with Crippen molar-refractivity contribution in [2.24, 2.45) is 5.92 Å². The van der Waals surface area contributed by atoms with E-state index >= 15 is 0 Å². The fourth-order valence-corrected chi connectivity index (χ4v) is 2.48. The predicted octanol–water partition coefficient (Wildman–Crippen LogP) is 1.25. The molecule has 0 aromatic heterocycles. The summed E-state index contributed by atoms with van der Waals surface area (Å²) < 4.78 is 0. The molecular weight excluding hydrogens is 244 g/mol. The first-order valence-electron chi connectivity index (χ1n) is 6.55. The smallest absolute Gasteiger partial charge is 0.326 e. The molecule has 19 heavy (non-hydrogen) atoms. The first-order chi connectivity index (χ1) is 9.15. The molecule has 1 saturated carbocycles. The molecular formula is C14H16N2O3. The summed E-state index contributed by atoms with van der Waals surface area (Å²) in [4.78, 5) is 23.2. The number of hydrogen-bond acceptors (Lipinski definition) is 3. The quantitative estimate of drug-likeness (QED) is 0.761. The highest BCUT2D eigenvalue weighted by molar-refractivity contribution is 5.97. The van der Waals surface area contributed by atoms with Gasteiger partial charge < -0.3 is 15.7 Å². The van der Waals surface area contributed by atoms with Crippen molar-refractivity contribution < 1.29 is 14.7 Å². The third-order valence-corrected chi connectivity index (χ3v) is 3.72. The second kappa shape index (κ2) is 4.57. The van der Waals surface area contributed by atoms with E-state index in [4.69, 9.17) is 5.11 Å². The van der Waals surface area contributed by atoms with E-state index in [1.807, 2.05) is 12.1 Å². The Labute approximate surface area is 111 Å². The molecule has 5 nitrogen and oxygen atoms in total. The summed E-state index contributed by atoms with van der Waals surface area (Å²) in [6.45, 7) is 0.889. The molecule has 3 rings (SSSR count). The molecule has 1 aromatic rings. The molecule has 0 bridgehead atoms. The Morgan fingerprint density at radius 2 is 2.16 bits per heavy atom. The van der Waals surface area contributed by atoms with E-state index in [2.05, 4.69) is 10.6 Å². The van der Waals surface area contributed by atoms with Gasteiger partial charge in [-0.25, -0.2) is 4.79 Å². The standard InChI is InChI=1S/C14H16N2O3/c17-13(16-12(14(18)19)8-1-2-8)10-3-4-11-9(7-10)5-6-15-11/h3-4,7-8,12,15H,1-2,5-6H2,(H,16,17)(H,18,19). The van der Waals surface area contributed by atoms with Crippen molar-refractivity contribution in [3.05, 3.63) is 29.3 Å². The second-order valence-electron chi connectivity index (χ2n) is 5.18. The Hall–Kier alpha value is -2.04. The molecule has 1 aromatic carbocycles. The van der Waals surface area contributed by atoms with Crippen molar-refractivity contribution in [2.45, 2.75) is 25.3 Å². The highest BCUT2D eigenvalue weighted by Gasteiger charge is 2.37. The maximum atomic E-state index is 12.1. The number of benzene rings is 1. The van der Waals surface area contributed by atoms with E-state index in [1.165, 1.54) is 0 Å². The van der Waals surface area contributed by atoms with Gasteiger partial charge in [-0.3, -0.25) is 4.79 Å². The van der Waals surface area contributed by atoms with Crippen LogP contribution in [0.5, 0.6) is 0 Å². The van der Waals surface area contributed by atoms with Gasteiger partial charge in [0.15, 0.2) is 0 Å². The maximum absolute atomic E-state index is 12.1. The summed E-state index contributed by atoms with van der Waals surface area (Å²) >= 11 is 0. The van der Waals surface area contributed by atoms with Crippen LogP contribution in [0.1, 0.15) is 28.8 Å². The van der Waals surface area contributed by atoms with Crippen LogP contribution in [0, 0.1) is 5.92 Å². The lowest BCUT2D eigenvalue weighted by Crippen LogP contribution is -2.42. The number of rotatable bonds is 4. The average molecular weight is 260 g/mol. The number of carboxylic acids is 1. The molecule has 0 spiro atoms. The van der Waals surface area contributed by atoms with E-state index in [1.54, 1.807) is 6.07 Å². The third kappa shape index (κ3) is 2.41. The predicted molar refractivity (Wildman–Crippen MR) is 70.2 cm³/mol. The van der Waals surface area contributed by atoms with Gasteiger partial charge in [0.25, 0.3) is 5.91 Å². The normalized spacial score (nSPS) is 18.3. The van der Waals surface area contributed by atoms with Gasteiger partial charge in [-0.15, -0.1) is 0 Å². The summed E-state index contributed by atoms with van der Waals surface area (Å²) in [6, 6.07) is 4.71. The SMILES string of the molecule is O=C(NC(C(=O)O)C1CC1)c1ccc2c(c1)CCN2. The molecule has 2 aliphatic rings. The Balaban J connectivity index is 1.74. The maximum Gasteiger partial charge on any atom is 0.326 e. The molecule has 5 heteroatoms. The van der Waals surface area contributed by atoms with Crippen LogP contribution in [0.3, 0.4) is 0 Å². The van der Waals surface area contributed by atoms with Gasteiger partial charge >= 0.3 is 5.97 Å². The number of fused-ring (bicyclic) bond motifs is 1.